The normalized spacial score (nSPS) is 10.2. The number of hydrogen-bond acceptors (Lipinski definition) is 6. The molecule has 0 aliphatic heterocycles. The van der Waals surface area contributed by atoms with Gasteiger partial charge in [0.15, 0.2) is 0 Å². The highest BCUT2D eigenvalue weighted by Crippen LogP contribution is 2.22. The number of anilines is 1. The van der Waals surface area contributed by atoms with Gasteiger partial charge in [0.05, 0.1) is 16.5 Å². The molecule has 1 aromatic carbocycles. The summed E-state index contributed by atoms with van der Waals surface area (Å²) in [5, 5.41) is 17.4. The highest BCUT2D eigenvalue weighted by atomic mass is 32.1. The second-order valence-corrected chi connectivity index (χ2v) is 5.59. The molecule has 2 aromatic rings. The number of nitro groups is 1. The number of rotatable bonds is 5. The van der Waals surface area contributed by atoms with Crippen LogP contribution in [0.15, 0.2) is 24.4 Å². The smallest absolute Gasteiger partial charge is 0.282 e. The third-order valence-electron chi connectivity index (χ3n) is 2.82. The van der Waals surface area contributed by atoms with Gasteiger partial charge in [0.2, 0.25) is 0 Å². The SMILES string of the molecule is CNc1ccc([N+](=O)[O-])c(C(=O)NCc2cnc(C)s2)c1. The first-order valence-corrected chi connectivity index (χ1v) is 6.98. The zero-order chi connectivity index (χ0) is 15.4. The van der Waals surface area contributed by atoms with Gasteiger partial charge in [0.25, 0.3) is 11.6 Å². The van der Waals surface area contributed by atoms with E-state index < -0.39 is 10.8 Å². The van der Waals surface area contributed by atoms with Gasteiger partial charge >= 0.3 is 0 Å². The molecule has 0 saturated heterocycles. The molecule has 21 heavy (non-hydrogen) atoms. The summed E-state index contributed by atoms with van der Waals surface area (Å²) in [4.78, 5) is 27.6. The molecule has 0 atom stereocenters. The second-order valence-electron chi connectivity index (χ2n) is 4.27. The molecular formula is C13H14N4O3S. The molecule has 0 aliphatic rings. The van der Waals surface area contributed by atoms with Crippen LogP contribution in [-0.4, -0.2) is 22.9 Å². The van der Waals surface area contributed by atoms with Crippen molar-refractivity contribution in [2.75, 3.05) is 12.4 Å². The van der Waals surface area contributed by atoms with Crippen LogP contribution in [0.3, 0.4) is 0 Å². The fourth-order valence-electron chi connectivity index (χ4n) is 1.78. The van der Waals surface area contributed by atoms with Crippen molar-refractivity contribution >= 4 is 28.6 Å². The lowest BCUT2D eigenvalue weighted by Gasteiger charge is -2.07. The van der Waals surface area contributed by atoms with Gasteiger partial charge in [-0.1, -0.05) is 0 Å². The van der Waals surface area contributed by atoms with Crippen molar-refractivity contribution in [2.45, 2.75) is 13.5 Å². The number of thiazole rings is 1. The first-order valence-electron chi connectivity index (χ1n) is 6.17. The molecule has 2 N–H and O–H groups in total. The Morgan fingerprint density at radius 1 is 1.48 bits per heavy atom. The number of carbonyl (C=O) groups excluding carboxylic acids is 1. The highest BCUT2D eigenvalue weighted by Gasteiger charge is 2.20. The number of carbonyl (C=O) groups is 1. The summed E-state index contributed by atoms with van der Waals surface area (Å²) in [6.45, 7) is 2.17. The average Bonchev–Trinajstić information content (AvgIpc) is 2.89. The summed E-state index contributed by atoms with van der Waals surface area (Å²) < 4.78 is 0. The van der Waals surface area contributed by atoms with Crippen molar-refractivity contribution in [1.29, 1.82) is 0 Å². The Bertz CT molecular complexity index is 684. The summed E-state index contributed by atoms with van der Waals surface area (Å²) >= 11 is 1.47. The van der Waals surface area contributed by atoms with Gasteiger partial charge in [-0.3, -0.25) is 14.9 Å². The Balaban J connectivity index is 2.19. The Hall–Kier alpha value is -2.48. The van der Waals surface area contributed by atoms with Crippen molar-refractivity contribution in [3.8, 4) is 0 Å². The maximum atomic E-state index is 12.2. The number of nitrogens with zero attached hydrogens (tertiary/aromatic N) is 2. The van der Waals surface area contributed by atoms with E-state index >= 15 is 0 Å². The van der Waals surface area contributed by atoms with Crippen molar-refractivity contribution in [3.05, 3.63) is 50.0 Å². The van der Waals surface area contributed by atoms with Crippen molar-refractivity contribution in [2.24, 2.45) is 0 Å². The van der Waals surface area contributed by atoms with Gasteiger partial charge in [-0.25, -0.2) is 4.98 Å². The standard InChI is InChI=1S/C13H14N4O3S/c1-8-15-6-10(21-8)7-16-13(18)11-5-9(14-2)3-4-12(11)17(19)20/h3-6,14H,7H2,1-2H3,(H,16,18). The van der Waals surface area contributed by atoms with Crippen LogP contribution in [-0.2, 0) is 6.54 Å². The molecule has 7 nitrogen and oxygen atoms in total. The fraction of sp³-hybridized carbons (Fsp3) is 0.231. The predicted molar refractivity (Wildman–Crippen MR) is 80.7 cm³/mol. The molecule has 8 heteroatoms. The lowest BCUT2D eigenvalue weighted by molar-refractivity contribution is -0.385. The molecule has 0 bridgehead atoms. The van der Waals surface area contributed by atoms with Gasteiger partial charge in [-0.2, -0.15) is 0 Å². The molecule has 0 radical (unpaired) electrons. The van der Waals surface area contributed by atoms with Crippen LogP contribution in [0, 0.1) is 17.0 Å². The first-order chi connectivity index (χ1) is 10.0. The number of nitrogens with one attached hydrogen (secondary N) is 2. The van der Waals surface area contributed by atoms with E-state index in [4.69, 9.17) is 0 Å². The van der Waals surface area contributed by atoms with Gasteiger partial charge in [0.1, 0.15) is 5.56 Å². The maximum Gasteiger partial charge on any atom is 0.282 e. The summed E-state index contributed by atoms with van der Waals surface area (Å²) in [5.41, 5.74) is 0.458. The summed E-state index contributed by atoms with van der Waals surface area (Å²) in [7, 11) is 1.68. The van der Waals surface area contributed by atoms with E-state index in [2.05, 4.69) is 15.6 Å². The molecule has 1 aromatic heterocycles. The monoisotopic (exact) mass is 306 g/mol. The topological polar surface area (TPSA) is 97.2 Å². The molecule has 0 aliphatic carbocycles. The summed E-state index contributed by atoms with van der Waals surface area (Å²) in [6.07, 6.45) is 1.68. The van der Waals surface area contributed by atoms with E-state index in [0.29, 0.717) is 12.2 Å². The number of benzene rings is 1. The maximum absolute atomic E-state index is 12.2. The Labute approximate surface area is 125 Å². The van der Waals surface area contributed by atoms with Crippen LogP contribution in [0.1, 0.15) is 20.2 Å². The van der Waals surface area contributed by atoms with Crippen LogP contribution in [0.2, 0.25) is 0 Å². The minimum atomic E-state index is -0.564. The molecule has 110 valence electrons. The summed E-state index contributed by atoms with van der Waals surface area (Å²) in [5.74, 6) is -0.482. The lowest BCUT2D eigenvalue weighted by atomic mass is 10.1. The van der Waals surface area contributed by atoms with Crippen LogP contribution in [0.25, 0.3) is 0 Å². The van der Waals surface area contributed by atoms with Gasteiger partial charge < -0.3 is 10.6 Å². The fourth-order valence-corrected chi connectivity index (χ4v) is 2.52. The summed E-state index contributed by atoms with van der Waals surface area (Å²) in [6, 6.07) is 4.34. The van der Waals surface area contributed by atoms with Crippen molar-refractivity contribution in [1.82, 2.24) is 10.3 Å². The van der Waals surface area contributed by atoms with Gasteiger partial charge in [-0.05, 0) is 19.1 Å². The quantitative estimate of drug-likeness (QED) is 0.652. The third kappa shape index (κ3) is 3.54. The van der Waals surface area contributed by atoms with E-state index in [1.54, 1.807) is 19.3 Å². The number of hydrogen-bond donors (Lipinski definition) is 2. The van der Waals surface area contributed by atoms with E-state index in [9.17, 15) is 14.9 Å². The largest absolute Gasteiger partial charge is 0.388 e. The van der Waals surface area contributed by atoms with E-state index in [1.807, 2.05) is 6.92 Å². The number of nitro benzene ring substituents is 1. The highest BCUT2D eigenvalue weighted by molar-refractivity contribution is 7.11. The zero-order valence-corrected chi connectivity index (χ0v) is 12.4. The molecule has 0 saturated carbocycles. The van der Waals surface area contributed by atoms with E-state index in [1.165, 1.54) is 23.5 Å². The van der Waals surface area contributed by atoms with Crippen molar-refractivity contribution < 1.29 is 9.72 Å². The number of amides is 1. The predicted octanol–water partition coefficient (Wildman–Crippen LogP) is 2.33. The minimum Gasteiger partial charge on any atom is -0.388 e. The Morgan fingerprint density at radius 2 is 2.24 bits per heavy atom. The van der Waals surface area contributed by atoms with E-state index in [-0.39, 0.29) is 11.3 Å². The van der Waals surface area contributed by atoms with E-state index in [0.717, 1.165) is 9.88 Å². The average molecular weight is 306 g/mol. The van der Waals surface area contributed by atoms with Crippen LogP contribution < -0.4 is 10.6 Å². The van der Waals surface area contributed by atoms with Crippen LogP contribution in [0.5, 0.6) is 0 Å². The molecule has 0 spiro atoms. The number of aromatic nitrogens is 1. The first kappa shape index (κ1) is 14.9. The second kappa shape index (κ2) is 6.31. The molecule has 2 rings (SSSR count). The third-order valence-corrected chi connectivity index (χ3v) is 3.73. The van der Waals surface area contributed by atoms with Gasteiger partial charge in [-0.15, -0.1) is 11.3 Å². The molecule has 0 unspecified atom stereocenters. The minimum absolute atomic E-state index is 0.0353. The molecule has 1 amide bonds. The molecule has 0 fully saturated rings. The lowest BCUT2D eigenvalue weighted by Crippen LogP contribution is -2.23. The van der Waals surface area contributed by atoms with Crippen LogP contribution in [0.4, 0.5) is 11.4 Å². The van der Waals surface area contributed by atoms with Crippen molar-refractivity contribution in [3.63, 3.8) is 0 Å². The molecule has 1 heterocycles. The Morgan fingerprint density at radius 3 is 2.81 bits per heavy atom. The number of aryl methyl sites for hydroxylation is 1. The van der Waals surface area contributed by atoms with Crippen LogP contribution >= 0.6 is 11.3 Å². The molecular weight excluding hydrogens is 292 g/mol. The van der Waals surface area contributed by atoms with Gasteiger partial charge in [0, 0.05) is 29.9 Å². The Kier molecular flexibility index (Phi) is 4.49. The zero-order valence-electron chi connectivity index (χ0n) is 11.5.